The molecule has 2 fully saturated rings. The molecule has 1 aliphatic heterocycles. The van der Waals surface area contributed by atoms with Gasteiger partial charge >= 0.3 is 0 Å². The summed E-state index contributed by atoms with van der Waals surface area (Å²) in [6.07, 6.45) is 5.80. The molecule has 3 atom stereocenters. The highest BCUT2D eigenvalue weighted by atomic mass is 15.1. The molecule has 0 radical (unpaired) electrons. The van der Waals surface area contributed by atoms with E-state index in [0.717, 1.165) is 17.8 Å². The van der Waals surface area contributed by atoms with E-state index in [1.54, 1.807) is 0 Å². The Morgan fingerprint density at radius 3 is 2.77 bits per heavy atom. The Labute approximate surface area is 82.5 Å². The minimum Gasteiger partial charge on any atom is -0.303 e. The third kappa shape index (κ3) is 2.46. The molecule has 1 aliphatic carbocycles. The van der Waals surface area contributed by atoms with E-state index in [1.807, 2.05) is 0 Å². The number of rotatable bonds is 3. The minimum atomic E-state index is 1.00. The molecule has 1 saturated heterocycles. The van der Waals surface area contributed by atoms with Crippen LogP contribution in [0.1, 0.15) is 39.5 Å². The van der Waals surface area contributed by atoms with Crippen molar-refractivity contribution in [2.45, 2.75) is 39.5 Å². The van der Waals surface area contributed by atoms with Crippen LogP contribution in [0.15, 0.2) is 0 Å². The van der Waals surface area contributed by atoms with Crippen molar-refractivity contribution in [3.8, 4) is 0 Å². The van der Waals surface area contributed by atoms with E-state index < -0.39 is 0 Å². The molecule has 0 spiro atoms. The van der Waals surface area contributed by atoms with Gasteiger partial charge in [-0.1, -0.05) is 20.3 Å². The Bertz CT molecular complexity index is 165. The summed E-state index contributed by atoms with van der Waals surface area (Å²) in [6.45, 7) is 8.90. The smallest absolute Gasteiger partial charge is 0.00124 e. The first-order valence-corrected chi connectivity index (χ1v) is 6.02. The summed E-state index contributed by atoms with van der Waals surface area (Å²) in [7, 11) is 0. The Morgan fingerprint density at radius 1 is 1.38 bits per heavy atom. The molecule has 1 saturated carbocycles. The predicted molar refractivity (Wildman–Crippen MR) is 56.7 cm³/mol. The van der Waals surface area contributed by atoms with Crippen LogP contribution < -0.4 is 0 Å². The summed E-state index contributed by atoms with van der Waals surface area (Å²) in [5, 5.41) is 0. The largest absolute Gasteiger partial charge is 0.303 e. The van der Waals surface area contributed by atoms with E-state index in [4.69, 9.17) is 0 Å². The van der Waals surface area contributed by atoms with Crippen molar-refractivity contribution >= 4 is 0 Å². The lowest BCUT2D eigenvalue weighted by molar-refractivity contribution is 0.164. The lowest BCUT2D eigenvalue weighted by Crippen LogP contribution is -2.36. The summed E-state index contributed by atoms with van der Waals surface area (Å²) in [4.78, 5) is 2.71. The predicted octanol–water partition coefficient (Wildman–Crippen LogP) is 2.76. The van der Waals surface area contributed by atoms with Crippen LogP contribution in [-0.4, -0.2) is 24.5 Å². The standard InChI is InChI=1S/C12H23N/c1-3-11-5-4-6-13(8-11)9-12-7-10(12)2/h10-12H,3-9H2,1-2H3. The average Bonchev–Trinajstić information content (AvgIpc) is 2.82. The maximum atomic E-state index is 2.71. The topological polar surface area (TPSA) is 3.24 Å². The highest BCUT2D eigenvalue weighted by Crippen LogP contribution is 2.38. The summed E-state index contributed by atoms with van der Waals surface area (Å²) in [6, 6.07) is 0. The molecule has 76 valence electrons. The molecule has 2 aliphatic rings. The first-order chi connectivity index (χ1) is 6.29. The van der Waals surface area contributed by atoms with Gasteiger partial charge in [0, 0.05) is 13.1 Å². The molecule has 0 aromatic carbocycles. The first kappa shape index (κ1) is 9.51. The second-order valence-corrected chi connectivity index (χ2v) is 5.15. The number of piperidine rings is 1. The lowest BCUT2D eigenvalue weighted by Gasteiger charge is -2.32. The van der Waals surface area contributed by atoms with E-state index in [-0.39, 0.29) is 0 Å². The monoisotopic (exact) mass is 181 g/mol. The van der Waals surface area contributed by atoms with Crippen molar-refractivity contribution in [3.05, 3.63) is 0 Å². The van der Waals surface area contributed by atoms with Gasteiger partial charge in [0.05, 0.1) is 0 Å². The van der Waals surface area contributed by atoms with Crippen molar-refractivity contribution in [1.29, 1.82) is 0 Å². The van der Waals surface area contributed by atoms with Crippen LogP contribution in [0.25, 0.3) is 0 Å². The zero-order chi connectivity index (χ0) is 9.26. The summed E-state index contributed by atoms with van der Waals surface area (Å²) < 4.78 is 0. The fraction of sp³-hybridized carbons (Fsp3) is 1.00. The molecule has 0 aromatic heterocycles. The molecule has 0 amide bonds. The van der Waals surface area contributed by atoms with Gasteiger partial charge in [-0.25, -0.2) is 0 Å². The van der Waals surface area contributed by atoms with E-state index >= 15 is 0 Å². The average molecular weight is 181 g/mol. The molecule has 13 heavy (non-hydrogen) atoms. The van der Waals surface area contributed by atoms with Crippen molar-refractivity contribution in [3.63, 3.8) is 0 Å². The fourth-order valence-corrected chi connectivity index (χ4v) is 2.64. The maximum Gasteiger partial charge on any atom is 0.00124 e. The number of hydrogen-bond acceptors (Lipinski definition) is 1. The second kappa shape index (κ2) is 4.00. The Kier molecular flexibility index (Phi) is 2.92. The van der Waals surface area contributed by atoms with Gasteiger partial charge in [-0.2, -0.15) is 0 Å². The van der Waals surface area contributed by atoms with Gasteiger partial charge in [-0.15, -0.1) is 0 Å². The van der Waals surface area contributed by atoms with Gasteiger partial charge in [0.15, 0.2) is 0 Å². The Morgan fingerprint density at radius 2 is 2.15 bits per heavy atom. The van der Waals surface area contributed by atoms with Crippen molar-refractivity contribution in [2.75, 3.05) is 19.6 Å². The summed E-state index contributed by atoms with van der Waals surface area (Å²) >= 11 is 0. The Balaban J connectivity index is 1.72. The van der Waals surface area contributed by atoms with Gasteiger partial charge in [0.1, 0.15) is 0 Å². The SMILES string of the molecule is CCC1CCCN(CC2CC2C)C1. The Hall–Kier alpha value is -0.0400. The third-order valence-electron chi connectivity index (χ3n) is 3.95. The minimum absolute atomic E-state index is 1.00. The highest BCUT2D eigenvalue weighted by Gasteiger charge is 2.34. The molecular weight excluding hydrogens is 158 g/mol. The molecule has 1 heterocycles. The fourth-order valence-electron chi connectivity index (χ4n) is 2.64. The highest BCUT2D eigenvalue weighted by molar-refractivity contribution is 4.86. The van der Waals surface area contributed by atoms with Crippen LogP contribution in [0.2, 0.25) is 0 Å². The van der Waals surface area contributed by atoms with Crippen LogP contribution in [-0.2, 0) is 0 Å². The van der Waals surface area contributed by atoms with Crippen LogP contribution in [0.4, 0.5) is 0 Å². The second-order valence-electron chi connectivity index (χ2n) is 5.15. The van der Waals surface area contributed by atoms with E-state index in [1.165, 1.54) is 45.3 Å². The zero-order valence-corrected chi connectivity index (χ0v) is 9.13. The molecule has 3 unspecified atom stereocenters. The van der Waals surface area contributed by atoms with Gasteiger partial charge in [0.25, 0.3) is 0 Å². The van der Waals surface area contributed by atoms with Crippen LogP contribution in [0.5, 0.6) is 0 Å². The third-order valence-corrected chi connectivity index (χ3v) is 3.95. The van der Waals surface area contributed by atoms with Crippen LogP contribution in [0, 0.1) is 17.8 Å². The zero-order valence-electron chi connectivity index (χ0n) is 9.13. The summed E-state index contributed by atoms with van der Waals surface area (Å²) in [5.41, 5.74) is 0. The van der Waals surface area contributed by atoms with Crippen LogP contribution >= 0.6 is 0 Å². The molecule has 1 nitrogen and oxygen atoms in total. The van der Waals surface area contributed by atoms with Crippen molar-refractivity contribution in [2.24, 2.45) is 17.8 Å². The number of likely N-dealkylation sites (tertiary alicyclic amines) is 1. The van der Waals surface area contributed by atoms with E-state index in [2.05, 4.69) is 18.7 Å². The van der Waals surface area contributed by atoms with Gasteiger partial charge < -0.3 is 4.90 Å². The molecule has 1 heteroatoms. The molecule has 0 N–H and O–H groups in total. The summed E-state index contributed by atoms with van der Waals surface area (Å²) in [5.74, 6) is 3.08. The quantitative estimate of drug-likeness (QED) is 0.647. The number of nitrogens with zero attached hydrogens (tertiary/aromatic N) is 1. The number of hydrogen-bond donors (Lipinski definition) is 0. The molecule has 0 aromatic rings. The van der Waals surface area contributed by atoms with E-state index in [9.17, 15) is 0 Å². The molecule has 2 rings (SSSR count). The lowest BCUT2D eigenvalue weighted by atomic mass is 9.95. The van der Waals surface area contributed by atoms with Gasteiger partial charge in [0.2, 0.25) is 0 Å². The van der Waals surface area contributed by atoms with Crippen molar-refractivity contribution in [1.82, 2.24) is 4.90 Å². The molecule has 0 bridgehead atoms. The van der Waals surface area contributed by atoms with Crippen LogP contribution in [0.3, 0.4) is 0 Å². The first-order valence-electron chi connectivity index (χ1n) is 6.02. The van der Waals surface area contributed by atoms with E-state index in [0.29, 0.717) is 0 Å². The molecular formula is C12H23N. The van der Waals surface area contributed by atoms with Gasteiger partial charge in [-0.05, 0) is 43.6 Å². The maximum absolute atomic E-state index is 2.71. The van der Waals surface area contributed by atoms with Gasteiger partial charge in [-0.3, -0.25) is 0 Å². The normalized spacial score (nSPS) is 40.6. The van der Waals surface area contributed by atoms with Crippen molar-refractivity contribution < 1.29 is 0 Å².